The third-order valence-electron chi connectivity index (χ3n) is 2.98. The fraction of sp³-hybridized carbons (Fsp3) is 0.385. The van der Waals surface area contributed by atoms with Gasteiger partial charge in [0, 0.05) is 39.2 Å². The van der Waals surface area contributed by atoms with Crippen LogP contribution in [0.4, 0.5) is 10.1 Å². The van der Waals surface area contributed by atoms with Crippen molar-refractivity contribution >= 4 is 17.5 Å². The van der Waals surface area contributed by atoms with Crippen molar-refractivity contribution in [2.75, 3.05) is 20.6 Å². The number of benzene rings is 1. The molecule has 0 unspecified atom stereocenters. The molecule has 7 nitrogen and oxygen atoms in total. The molecule has 1 rings (SSSR count). The van der Waals surface area contributed by atoms with Gasteiger partial charge in [0.2, 0.25) is 5.91 Å². The summed E-state index contributed by atoms with van der Waals surface area (Å²) >= 11 is 0. The molecule has 0 bridgehead atoms. The second-order valence-electron chi connectivity index (χ2n) is 4.53. The number of nitrogens with zero attached hydrogens (tertiary/aromatic N) is 2. The van der Waals surface area contributed by atoms with Crippen LogP contribution in [0.25, 0.3) is 0 Å². The summed E-state index contributed by atoms with van der Waals surface area (Å²) in [6.45, 7) is 1.43. The van der Waals surface area contributed by atoms with Crippen LogP contribution in [0, 0.1) is 22.9 Å². The molecule has 0 atom stereocenters. The summed E-state index contributed by atoms with van der Waals surface area (Å²) < 4.78 is 14.0. The van der Waals surface area contributed by atoms with Crippen molar-refractivity contribution in [2.24, 2.45) is 0 Å². The Hall–Kier alpha value is -2.51. The molecule has 0 saturated carbocycles. The molecule has 1 aromatic rings. The van der Waals surface area contributed by atoms with Gasteiger partial charge < -0.3 is 10.2 Å². The predicted molar refractivity (Wildman–Crippen MR) is 73.4 cm³/mol. The van der Waals surface area contributed by atoms with Crippen LogP contribution in [0.15, 0.2) is 12.1 Å². The number of rotatable bonds is 5. The van der Waals surface area contributed by atoms with Gasteiger partial charge in [0.25, 0.3) is 11.6 Å². The summed E-state index contributed by atoms with van der Waals surface area (Å²) in [4.78, 5) is 34.5. The van der Waals surface area contributed by atoms with Gasteiger partial charge in [-0.15, -0.1) is 0 Å². The molecule has 21 heavy (non-hydrogen) atoms. The first-order valence-electron chi connectivity index (χ1n) is 6.18. The van der Waals surface area contributed by atoms with Crippen LogP contribution in [0.5, 0.6) is 0 Å². The molecule has 0 aliphatic carbocycles. The lowest BCUT2D eigenvalue weighted by molar-refractivity contribution is -0.385. The Bertz CT molecular complexity index is 589. The fourth-order valence-electron chi connectivity index (χ4n) is 1.71. The second kappa shape index (κ2) is 6.78. The van der Waals surface area contributed by atoms with E-state index in [4.69, 9.17) is 0 Å². The van der Waals surface area contributed by atoms with E-state index in [0.29, 0.717) is 0 Å². The minimum atomic E-state index is -0.794. The van der Waals surface area contributed by atoms with Gasteiger partial charge in [-0.25, -0.2) is 4.39 Å². The predicted octanol–water partition coefficient (Wildman–Crippen LogP) is 1.25. The van der Waals surface area contributed by atoms with Crippen molar-refractivity contribution in [3.8, 4) is 0 Å². The molecule has 0 saturated heterocycles. The second-order valence-corrected chi connectivity index (χ2v) is 4.53. The Morgan fingerprint density at radius 1 is 1.43 bits per heavy atom. The zero-order valence-corrected chi connectivity index (χ0v) is 12.0. The van der Waals surface area contributed by atoms with Crippen LogP contribution in [0.2, 0.25) is 0 Å². The number of amides is 2. The highest BCUT2D eigenvalue weighted by atomic mass is 19.1. The third-order valence-corrected chi connectivity index (χ3v) is 2.98. The van der Waals surface area contributed by atoms with E-state index in [1.807, 2.05) is 0 Å². The Morgan fingerprint density at radius 3 is 2.57 bits per heavy atom. The Kier molecular flexibility index (Phi) is 5.34. The number of hydrogen-bond acceptors (Lipinski definition) is 4. The summed E-state index contributed by atoms with van der Waals surface area (Å²) in [5, 5.41) is 13.2. The van der Waals surface area contributed by atoms with Gasteiger partial charge in [-0.2, -0.15) is 0 Å². The Labute approximate surface area is 120 Å². The van der Waals surface area contributed by atoms with Gasteiger partial charge in [0.1, 0.15) is 5.82 Å². The topological polar surface area (TPSA) is 92.6 Å². The Balaban J connectivity index is 3.01. The van der Waals surface area contributed by atoms with E-state index in [9.17, 15) is 24.1 Å². The molecule has 2 amide bonds. The van der Waals surface area contributed by atoms with E-state index >= 15 is 0 Å². The molecule has 0 aromatic heterocycles. The lowest BCUT2D eigenvalue weighted by Crippen LogP contribution is -2.32. The number of nitro groups is 1. The van der Waals surface area contributed by atoms with Crippen LogP contribution in [0.3, 0.4) is 0 Å². The van der Waals surface area contributed by atoms with Gasteiger partial charge in [-0.3, -0.25) is 19.7 Å². The molecule has 8 heteroatoms. The monoisotopic (exact) mass is 297 g/mol. The lowest BCUT2D eigenvalue weighted by Gasteiger charge is -2.17. The van der Waals surface area contributed by atoms with E-state index in [1.54, 1.807) is 0 Å². The maximum absolute atomic E-state index is 14.0. The molecule has 0 heterocycles. The van der Waals surface area contributed by atoms with E-state index < -0.39 is 16.6 Å². The number of non-ortho nitro benzene ring substituents is 1. The van der Waals surface area contributed by atoms with Crippen LogP contribution >= 0.6 is 0 Å². The van der Waals surface area contributed by atoms with Crippen LogP contribution in [-0.2, 0) is 4.79 Å². The summed E-state index contributed by atoms with van der Waals surface area (Å²) in [5.41, 5.74) is -0.703. The van der Waals surface area contributed by atoms with Crippen LogP contribution in [0.1, 0.15) is 22.3 Å². The van der Waals surface area contributed by atoms with Crippen molar-refractivity contribution in [3.63, 3.8) is 0 Å². The highest BCUT2D eigenvalue weighted by Crippen LogP contribution is 2.22. The van der Waals surface area contributed by atoms with Crippen molar-refractivity contribution in [3.05, 3.63) is 39.2 Å². The third kappa shape index (κ3) is 3.98. The molecule has 0 aliphatic rings. The normalized spacial score (nSPS) is 10.1. The molecule has 0 aliphatic heterocycles. The van der Waals surface area contributed by atoms with E-state index in [0.717, 1.165) is 17.0 Å². The molecule has 0 spiro atoms. The largest absolute Gasteiger partial charge is 0.359 e. The summed E-state index contributed by atoms with van der Waals surface area (Å²) in [6.07, 6.45) is 0.0638. The smallest absolute Gasteiger partial charge is 0.270 e. The SMILES string of the molecule is CNC(=O)CCN(C)C(=O)c1cc([N+](=O)[O-])cc(C)c1F. The molecule has 114 valence electrons. The molecule has 1 aromatic carbocycles. The number of nitrogens with one attached hydrogen (secondary N) is 1. The first-order chi connectivity index (χ1) is 9.77. The summed E-state index contributed by atoms with van der Waals surface area (Å²) in [7, 11) is 2.87. The highest BCUT2D eigenvalue weighted by Gasteiger charge is 2.22. The number of halogens is 1. The first-order valence-corrected chi connectivity index (χ1v) is 6.18. The molecule has 0 radical (unpaired) electrons. The summed E-state index contributed by atoms with van der Waals surface area (Å²) in [5.74, 6) is -1.76. The zero-order chi connectivity index (χ0) is 16.2. The molecule has 0 fully saturated rings. The number of carbonyl (C=O) groups excluding carboxylic acids is 2. The van der Waals surface area contributed by atoms with Gasteiger partial charge in [-0.05, 0) is 12.5 Å². The molecule has 1 N–H and O–H groups in total. The number of aryl methyl sites for hydroxylation is 1. The standard InChI is InChI=1S/C13H16FN3O4/c1-8-6-9(17(20)21)7-10(12(8)14)13(19)16(3)5-4-11(18)15-2/h6-7H,4-5H2,1-3H3,(H,15,18). The van der Waals surface area contributed by atoms with Gasteiger partial charge in [-0.1, -0.05) is 0 Å². The molecular formula is C13H16FN3O4. The number of nitro benzene ring substituents is 1. The van der Waals surface area contributed by atoms with Gasteiger partial charge in [0.15, 0.2) is 0 Å². The number of carbonyl (C=O) groups is 2. The highest BCUT2D eigenvalue weighted by molar-refractivity contribution is 5.95. The van der Waals surface area contributed by atoms with E-state index in [1.165, 1.54) is 21.0 Å². The van der Waals surface area contributed by atoms with Crippen molar-refractivity contribution in [1.82, 2.24) is 10.2 Å². The zero-order valence-electron chi connectivity index (χ0n) is 12.0. The van der Waals surface area contributed by atoms with Gasteiger partial charge in [0.05, 0.1) is 10.5 Å². The van der Waals surface area contributed by atoms with Crippen molar-refractivity contribution in [1.29, 1.82) is 0 Å². The average molecular weight is 297 g/mol. The van der Waals surface area contributed by atoms with Gasteiger partial charge >= 0.3 is 0 Å². The first kappa shape index (κ1) is 16.5. The maximum Gasteiger partial charge on any atom is 0.270 e. The number of hydrogen-bond donors (Lipinski definition) is 1. The fourth-order valence-corrected chi connectivity index (χ4v) is 1.71. The Morgan fingerprint density at radius 2 is 2.05 bits per heavy atom. The average Bonchev–Trinajstić information content (AvgIpc) is 2.45. The quantitative estimate of drug-likeness (QED) is 0.654. The van der Waals surface area contributed by atoms with E-state index in [-0.39, 0.29) is 35.7 Å². The maximum atomic E-state index is 14.0. The van der Waals surface area contributed by atoms with Crippen LogP contribution in [-0.4, -0.2) is 42.3 Å². The minimum absolute atomic E-state index is 0.0206. The lowest BCUT2D eigenvalue weighted by atomic mass is 10.1. The molecular weight excluding hydrogens is 281 g/mol. The van der Waals surface area contributed by atoms with Crippen molar-refractivity contribution in [2.45, 2.75) is 13.3 Å². The minimum Gasteiger partial charge on any atom is -0.359 e. The van der Waals surface area contributed by atoms with Crippen molar-refractivity contribution < 1.29 is 18.9 Å². The summed E-state index contributed by atoms with van der Waals surface area (Å²) in [6, 6.07) is 1.97. The van der Waals surface area contributed by atoms with E-state index in [2.05, 4.69) is 5.32 Å². The van der Waals surface area contributed by atoms with Crippen LogP contribution < -0.4 is 5.32 Å².